The second-order valence-electron chi connectivity index (χ2n) is 6.29. The smallest absolute Gasteiger partial charge is 0.412 e. The third-order valence-electron chi connectivity index (χ3n) is 3.12. The van der Waals surface area contributed by atoms with Crippen molar-refractivity contribution >= 4 is 17.7 Å². The van der Waals surface area contributed by atoms with Crippen molar-refractivity contribution < 1.29 is 24.2 Å². The first-order valence-corrected chi connectivity index (χ1v) is 7.57. The van der Waals surface area contributed by atoms with Gasteiger partial charge >= 0.3 is 12.1 Å². The number of amides is 1. The average Bonchev–Trinajstić information content (AvgIpc) is 2.52. The number of ether oxygens (including phenoxy) is 2. The monoisotopic (exact) mass is 344 g/mol. The third-order valence-corrected chi connectivity index (χ3v) is 3.12. The van der Waals surface area contributed by atoms with E-state index in [0.29, 0.717) is 16.8 Å². The van der Waals surface area contributed by atoms with Gasteiger partial charge in [-0.3, -0.25) is 5.32 Å². The summed E-state index contributed by atoms with van der Waals surface area (Å²) in [4.78, 5) is 27.2. The Kier molecular flexibility index (Phi) is 5.26. The SMILES string of the molecule is COc1ncc(-c2cccc(NC(=O)OC(C)(C)C)c2)cc1C(=O)O. The maximum absolute atomic E-state index is 11.9. The highest BCUT2D eigenvalue weighted by Gasteiger charge is 2.17. The molecule has 0 aliphatic carbocycles. The van der Waals surface area contributed by atoms with Crippen LogP contribution < -0.4 is 10.1 Å². The van der Waals surface area contributed by atoms with Crippen LogP contribution in [-0.4, -0.2) is 34.9 Å². The normalized spacial score (nSPS) is 10.9. The van der Waals surface area contributed by atoms with Crippen molar-refractivity contribution in [3.63, 3.8) is 0 Å². The van der Waals surface area contributed by atoms with Crippen molar-refractivity contribution in [1.82, 2.24) is 4.98 Å². The second-order valence-corrected chi connectivity index (χ2v) is 6.29. The molecule has 7 nitrogen and oxygen atoms in total. The number of benzene rings is 1. The zero-order chi connectivity index (χ0) is 18.6. The van der Waals surface area contributed by atoms with Gasteiger partial charge in [-0.05, 0) is 44.5 Å². The van der Waals surface area contributed by atoms with Gasteiger partial charge in [0.05, 0.1) is 7.11 Å². The lowest BCUT2D eigenvalue weighted by molar-refractivity contribution is 0.0634. The summed E-state index contributed by atoms with van der Waals surface area (Å²) >= 11 is 0. The number of nitrogens with one attached hydrogen (secondary N) is 1. The minimum absolute atomic E-state index is 0.0366. The third kappa shape index (κ3) is 4.94. The van der Waals surface area contributed by atoms with Crippen LogP contribution in [0.4, 0.5) is 10.5 Å². The summed E-state index contributed by atoms with van der Waals surface area (Å²) in [5, 5.41) is 11.9. The molecule has 1 amide bonds. The van der Waals surface area contributed by atoms with Crippen molar-refractivity contribution in [2.45, 2.75) is 26.4 Å². The maximum atomic E-state index is 11.9. The molecule has 2 N–H and O–H groups in total. The molecule has 0 aliphatic rings. The molecule has 25 heavy (non-hydrogen) atoms. The fraction of sp³-hybridized carbons (Fsp3) is 0.278. The number of nitrogens with zero attached hydrogens (tertiary/aromatic N) is 1. The van der Waals surface area contributed by atoms with Crippen LogP contribution in [0.2, 0.25) is 0 Å². The van der Waals surface area contributed by atoms with E-state index in [4.69, 9.17) is 9.47 Å². The topological polar surface area (TPSA) is 97.8 Å². The first-order chi connectivity index (χ1) is 11.7. The molecule has 0 saturated heterocycles. The van der Waals surface area contributed by atoms with Crippen LogP contribution in [0.15, 0.2) is 36.5 Å². The number of carbonyl (C=O) groups excluding carboxylic acids is 1. The van der Waals surface area contributed by atoms with Crippen molar-refractivity contribution in [3.05, 3.63) is 42.1 Å². The summed E-state index contributed by atoms with van der Waals surface area (Å²) in [5.41, 5.74) is 1.18. The van der Waals surface area contributed by atoms with Crippen LogP contribution in [0.1, 0.15) is 31.1 Å². The number of aromatic nitrogens is 1. The fourth-order valence-corrected chi connectivity index (χ4v) is 2.12. The lowest BCUT2D eigenvalue weighted by atomic mass is 10.1. The van der Waals surface area contributed by atoms with E-state index >= 15 is 0 Å². The zero-order valence-electron chi connectivity index (χ0n) is 14.5. The Bertz CT molecular complexity index is 796. The molecule has 1 heterocycles. The number of pyridine rings is 1. The number of methoxy groups -OCH3 is 1. The predicted molar refractivity (Wildman–Crippen MR) is 93.0 cm³/mol. The van der Waals surface area contributed by atoms with Crippen LogP contribution in [0.25, 0.3) is 11.1 Å². The van der Waals surface area contributed by atoms with Crippen molar-refractivity contribution in [2.75, 3.05) is 12.4 Å². The van der Waals surface area contributed by atoms with Gasteiger partial charge < -0.3 is 14.6 Å². The van der Waals surface area contributed by atoms with Crippen LogP contribution in [0.5, 0.6) is 5.88 Å². The molecule has 132 valence electrons. The molecule has 0 atom stereocenters. The maximum Gasteiger partial charge on any atom is 0.412 e. The average molecular weight is 344 g/mol. The highest BCUT2D eigenvalue weighted by Crippen LogP contribution is 2.26. The predicted octanol–water partition coefficient (Wildman–Crippen LogP) is 3.80. The zero-order valence-corrected chi connectivity index (χ0v) is 14.5. The van der Waals surface area contributed by atoms with Crippen molar-refractivity contribution in [2.24, 2.45) is 0 Å². The molecule has 0 unspecified atom stereocenters. The van der Waals surface area contributed by atoms with Gasteiger partial charge in [0.1, 0.15) is 11.2 Å². The number of anilines is 1. The molecule has 0 spiro atoms. The summed E-state index contributed by atoms with van der Waals surface area (Å²) < 4.78 is 10.2. The van der Waals surface area contributed by atoms with E-state index in [1.165, 1.54) is 19.4 Å². The Balaban J connectivity index is 2.28. The molecule has 1 aromatic heterocycles. The molecular weight excluding hydrogens is 324 g/mol. The van der Waals surface area contributed by atoms with E-state index in [9.17, 15) is 14.7 Å². The van der Waals surface area contributed by atoms with Crippen molar-refractivity contribution in [3.8, 4) is 17.0 Å². The van der Waals surface area contributed by atoms with Crippen molar-refractivity contribution in [1.29, 1.82) is 0 Å². The number of rotatable bonds is 4. The Morgan fingerprint density at radius 1 is 1.16 bits per heavy atom. The lowest BCUT2D eigenvalue weighted by Gasteiger charge is -2.19. The molecule has 0 fully saturated rings. The number of aromatic carboxylic acids is 1. The summed E-state index contributed by atoms with van der Waals surface area (Å²) in [6.07, 6.45) is 0.946. The summed E-state index contributed by atoms with van der Waals surface area (Å²) in [7, 11) is 1.36. The highest BCUT2D eigenvalue weighted by atomic mass is 16.6. The van der Waals surface area contributed by atoms with Gasteiger partial charge in [-0.2, -0.15) is 0 Å². The first kappa shape index (κ1) is 18.3. The van der Waals surface area contributed by atoms with Gasteiger partial charge in [0.2, 0.25) is 5.88 Å². The van der Waals surface area contributed by atoms with Crippen LogP contribution in [0, 0.1) is 0 Å². The molecule has 0 bridgehead atoms. The van der Waals surface area contributed by atoms with E-state index in [1.807, 2.05) is 0 Å². The van der Waals surface area contributed by atoms with E-state index in [1.54, 1.807) is 45.0 Å². The highest BCUT2D eigenvalue weighted by molar-refractivity contribution is 5.92. The molecule has 7 heteroatoms. The second kappa shape index (κ2) is 7.21. The Hall–Kier alpha value is -3.09. The minimum Gasteiger partial charge on any atom is -0.480 e. The van der Waals surface area contributed by atoms with E-state index < -0.39 is 17.7 Å². The van der Waals surface area contributed by atoms with E-state index in [-0.39, 0.29) is 11.4 Å². The van der Waals surface area contributed by atoms with E-state index in [0.717, 1.165) is 0 Å². The van der Waals surface area contributed by atoms with Gasteiger partial charge in [-0.15, -0.1) is 0 Å². The standard InChI is InChI=1S/C18H20N2O5/c1-18(2,3)25-17(23)20-13-7-5-6-11(8-13)12-9-14(16(21)22)15(24-4)19-10-12/h5-10H,1-4H3,(H,20,23)(H,21,22). The number of carboxylic acid groups (broad SMARTS) is 1. The van der Waals surface area contributed by atoms with Gasteiger partial charge in [0.25, 0.3) is 0 Å². The fourth-order valence-electron chi connectivity index (χ4n) is 2.12. The van der Waals surface area contributed by atoms with Gasteiger partial charge in [0, 0.05) is 17.4 Å². The largest absolute Gasteiger partial charge is 0.480 e. The van der Waals surface area contributed by atoms with E-state index in [2.05, 4.69) is 10.3 Å². The van der Waals surface area contributed by atoms with Gasteiger partial charge in [-0.25, -0.2) is 14.6 Å². The first-order valence-electron chi connectivity index (χ1n) is 7.57. The lowest BCUT2D eigenvalue weighted by Crippen LogP contribution is -2.27. The summed E-state index contributed by atoms with van der Waals surface area (Å²) in [6.45, 7) is 5.33. The van der Waals surface area contributed by atoms with Crippen LogP contribution in [0.3, 0.4) is 0 Å². The molecule has 2 rings (SSSR count). The molecule has 0 aliphatic heterocycles. The summed E-state index contributed by atoms with van der Waals surface area (Å²) in [5.74, 6) is -1.09. The number of hydrogen-bond donors (Lipinski definition) is 2. The number of carbonyl (C=O) groups is 2. The Morgan fingerprint density at radius 2 is 1.88 bits per heavy atom. The Morgan fingerprint density at radius 3 is 2.48 bits per heavy atom. The molecule has 0 saturated carbocycles. The minimum atomic E-state index is -1.13. The number of carboxylic acids is 1. The van der Waals surface area contributed by atoms with Crippen LogP contribution >= 0.6 is 0 Å². The quantitative estimate of drug-likeness (QED) is 0.875. The van der Waals surface area contributed by atoms with Gasteiger partial charge in [-0.1, -0.05) is 12.1 Å². The molecular formula is C18H20N2O5. The Labute approximate surface area is 145 Å². The summed E-state index contributed by atoms with van der Waals surface area (Å²) in [6, 6.07) is 8.42. The van der Waals surface area contributed by atoms with Gasteiger partial charge in [0.15, 0.2) is 0 Å². The molecule has 1 aromatic carbocycles. The molecule has 0 radical (unpaired) electrons. The van der Waals surface area contributed by atoms with Crippen LogP contribution in [-0.2, 0) is 4.74 Å². The molecule has 2 aromatic rings. The number of hydrogen-bond acceptors (Lipinski definition) is 5.